The van der Waals surface area contributed by atoms with Crippen molar-refractivity contribution in [1.82, 2.24) is 0 Å². The van der Waals surface area contributed by atoms with Gasteiger partial charge in [0.25, 0.3) is 0 Å². The standard InChI is InChI=1S/C16H19NO/c1-12-7-8-14(9-13(12)2)10-17-16-6-4-3-5-15(16)11-18/h3-9,17-18H,10-11H2,1-2H3. The Labute approximate surface area is 108 Å². The molecule has 0 heterocycles. The van der Waals surface area contributed by atoms with Crippen LogP contribution in [0.25, 0.3) is 0 Å². The quantitative estimate of drug-likeness (QED) is 0.859. The van der Waals surface area contributed by atoms with E-state index in [0.29, 0.717) is 0 Å². The Bertz CT molecular complexity index is 534. The second-order valence-electron chi connectivity index (χ2n) is 4.59. The number of para-hydroxylation sites is 1. The first-order chi connectivity index (χ1) is 8.70. The van der Waals surface area contributed by atoms with Crippen LogP contribution in [0.15, 0.2) is 42.5 Å². The van der Waals surface area contributed by atoms with E-state index in [1.54, 1.807) is 0 Å². The first-order valence-electron chi connectivity index (χ1n) is 6.19. The highest BCUT2D eigenvalue weighted by atomic mass is 16.3. The average Bonchev–Trinajstić information content (AvgIpc) is 2.40. The zero-order chi connectivity index (χ0) is 13.0. The van der Waals surface area contributed by atoms with Gasteiger partial charge < -0.3 is 10.4 Å². The lowest BCUT2D eigenvalue weighted by molar-refractivity contribution is 0.282. The third-order valence-corrected chi connectivity index (χ3v) is 3.24. The molecule has 94 valence electrons. The fourth-order valence-electron chi connectivity index (χ4n) is 1.94. The van der Waals surface area contributed by atoms with Crippen LogP contribution in [0.3, 0.4) is 0 Å². The molecule has 2 aromatic carbocycles. The Hall–Kier alpha value is -1.80. The monoisotopic (exact) mass is 241 g/mol. The Morgan fingerprint density at radius 1 is 1.00 bits per heavy atom. The molecule has 0 saturated carbocycles. The van der Waals surface area contributed by atoms with Crippen LogP contribution in [0.4, 0.5) is 5.69 Å². The van der Waals surface area contributed by atoms with Crippen molar-refractivity contribution in [3.8, 4) is 0 Å². The van der Waals surface area contributed by atoms with Crippen molar-refractivity contribution in [3.05, 3.63) is 64.7 Å². The Morgan fingerprint density at radius 3 is 2.50 bits per heavy atom. The summed E-state index contributed by atoms with van der Waals surface area (Å²) in [6, 6.07) is 14.3. The van der Waals surface area contributed by atoms with E-state index in [-0.39, 0.29) is 6.61 Å². The van der Waals surface area contributed by atoms with Crippen LogP contribution >= 0.6 is 0 Å². The van der Waals surface area contributed by atoms with Crippen molar-refractivity contribution >= 4 is 5.69 Å². The molecule has 2 nitrogen and oxygen atoms in total. The molecule has 0 aliphatic carbocycles. The fraction of sp³-hybridized carbons (Fsp3) is 0.250. The average molecular weight is 241 g/mol. The van der Waals surface area contributed by atoms with Crippen molar-refractivity contribution in [1.29, 1.82) is 0 Å². The van der Waals surface area contributed by atoms with Gasteiger partial charge in [0.15, 0.2) is 0 Å². The maximum atomic E-state index is 9.26. The molecule has 2 N–H and O–H groups in total. The van der Waals surface area contributed by atoms with Gasteiger partial charge in [-0.05, 0) is 36.6 Å². The summed E-state index contributed by atoms with van der Waals surface area (Å²) < 4.78 is 0. The molecule has 0 radical (unpaired) electrons. The van der Waals surface area contributed by atoms with Gasteiger partial charge in [-0.1, -0.05) is 36.4 Å². The molecular weight excluding hydrogens is 222 g/mol. The molecule has 2 rings (SSSR count). The highest BCUT2D eigenvalue weighted by Gasteiger charge is 2.01. The lowest BCUT2D eigenvalue weighted by Gasteiger charge is -2.11. The third kappa shape index (κ3) is 2.90. The second-order valence-corrected chi connectivity index (χ2v) is 4.59. The molecule has 0 atom stereocenters. The van der Waals surface area contributed by atoms with Crippen molar-refractivity contribution in [2.45, 2.75) is 27.0 Å². The summed E-state index contributed by atoms with van der Waals surface area (Å²) in [5, 5.41) is 12.6. The van der Waals surface area contributed by atoms with Gasteiger partial charge in [-0.2, -0.15) is 0 Å². The van der Waals surface area contributed by atoms with Crippen molar-refractivity contribution in [3.63, 3.8) is 0 Å². The largest absolute Gasteiger partial charge is 0.392 e. The number of nitrogens with one attached hydrogen (secondary N) is 1. The van der Waals surface area contributed by atoms with Crippen molar-refractivity contribution < 1.29 is 5.11 Å². The fourth-order valence-corrected chi connectivity index (χ4v) is 1.94. The number of benzene rings is 2. The van der Waals surface area contributed by atoms with E-state index in [9.17, 15) is 5.11 Å². The smallest absolute Gasteiger partial charge is 0.0701 e. The highest BCUT2D eigenvalue weighted by molar-refractivity contribution is 5.51. The first kappa shape index (κ1) is 12.7. The van der Waals surface area contributed by atoms with E-state index in [2.05, 4.69) is 37.4 Å². The zero-order valence-corrected chi connectivity index (χ0v) is 10.9. The van der Waals surface area contributed by atoms with Gasteiger partial charge in [0.2, 0.25) is 0 Å². The maximum absolute atomic E-state index is 9.26. The number of anilines is 1. The lowest BCUT2D eigenvalue weighted by Crippen LogP contribution is -2.02. The topological polar surface area (TPSA) is 32.3 Å². The van der Waals surface area contributed by atoms with Gasteiger partial charge in [-0.3, -0.25) is 0 Å². The normalized spacial score (nSPS) is 10.4. The van der Waals surface area contributed by atoms with E-state index >= 15 is 0 Å². The van der Waals surface area contributed by atoms with E-state index < -0.39 is 0 Å². The number of hydrogen-bond donors (Lipinski definition) is 2. The molecule has 0 saturated heterocycles. The molecule has 0 bridgehead atoms. The Kier molecular flexibility index (Phi) is 4.00. The van der Waals surface area contributed by atoms with Crippen molar-refractivity contribution in [2.75, 3.05) is 5.32 Å². The van der Waals surface area contributed by atoms with Gasteiger partial charge in [0.1, 0.15) is 0 Å². The summed E-state index contributed by atoms with van der Waals surface area (Å²) in [7, 11) is 0. The number of aliphatic hydroxyl groups is 1. The van der Waals surface area contributed by atoms with Crippen LogP contribution in [0.1, 0.15) is 22.3 Å². The van der Waals surface area contributed by atoms with E-state index in [0.717, 1.165) is 17.8 Å². The van der Waals surface area contributed by atoms with Crippen LogP contribution in [-0.2, 0) is 13.2 Å². The Balaban J connectivity index is 2.09. The van der Waals surface area contributed by atoms with Crippen LogP contribution in [0.5, 0.6) is 0 Å². The molecule has 0 amide bonds. The van der Waals surface area contributed by atoms with E-state index in [1.165, 1.54) is 16.7 Å². The SMILES string of the molecule is Cc1ccc(CNc2ccccc2CO)cc1C. The molecule has 0 aliphatic rings. The predicted molar refractivity (Wildman–Crippen MR) is 75.6 cm³/mol. The summed E-state index contributed by atoms with van der Waals surface area (Å²) in [4.78, 5) is 0. The van der Waals surface area contributed by atoms with Crippen LogP contribution in [0, 0.1) is 13.8 Å². The molecule has 0 aliphatic heterocycles. The predicted octanol–water partition coefficient (Wildman–Crippen LogP) is 3.41. The van der Waals surface area contributed by atoms with Crippen LogP contribution < -0.4 is 5.32 Å². The van der Waals surface area contributed by atoms with Gasteiger partial charge in [0.05, 0.1) is 6.61 Å². The molecular formula is C16H19NO. The highest BCUT2D eigenvalue weighted by Crippen LogP contribution is 2.17. The number of hydrogen-bond acceptors (Lipinski definition) is 2. The van der Waals surface area contributed by atoms with Crippen LogP contribution in [-0.4, -0.2) is 5.11 Å². The molecule has 0 unspecified atom stereocenters. The summed E-state index contributed by atoms with van der Waals surface area (Å²) in [6.45, 7) is 5.09. The van der Waals surface area contributed by atoms with Gasteiger partial charge in [0, 0.05) is 17.8 Å². The number of aryl methyl sites for hydroxylation is 2. The molecule has 0 fully saturated rings. The number of aliphatic hydroxyl groups excluding tert-OH is 1. The summed E-state index contributed by atoms with van der Waals surface area (Å²) in [5.74, 6) is 0. The summed E-state index contributed by atoms with van der Waals surface area (Å²) in [6.07, 6.45) is 0. The van der Waals surface area contributed by atoms with E-state index in [1.807, 2.05) is 24.3 Å². The molecule has 2 aromatic rings. The first-order valence-corrected chi connectivity index (χ1v) is 6.19. The zero-order valence-electron chi connectivity index (χ0n) is 10.9. The van der Waals surface area contributed by atoms with Crippen molar-refractivity contribution in [2.24, 2.45) is 0 Å². The molecule has 0 spiro atoms. The van der Waals surface area contributed by atoms with Gasteiger partial charge >= 0.3 is 0 Å². The van der Waals surface area contributed by atoms with E-state index in [4.69, 9.17) is 0 Å². The van der Waals surface area contributed by atoms with Gasteiger partial charge in [-0.25, -0.2) is 0 Å². The summed E-state index contributed by atoms with van der Waals surface area (Å²) in [5.41, 5.74) is 5.81. The molecule has 18 heavy (non-hydrogen) atoms. The minimum absolute atomic E-state index is 0.0656. The molecule has 2 heteroatoms. The minimum atomic E-state index is 0.0656. The van der Waals surface area contributed by atoms with Gasteiger partial charge in [-0.15, -0.1) is 0 Å². The third-order valence-electron chi connectivity index (χ3n) is 3.24. The Morgan fingerprint density at radius 2 is 1.78 bits per heavy atom. The lowest BCUT2D eigenvalue weighted by atomic mass is 10.1. The second kappa shape index (κ2) is 5.69. The minimum Gasteiger partial charge on any atom is -0.392 e. The van der Waals surface area contributed by atoms with Crippen LogP contribution in [0.2, 0.25) is 0 Å². The summed E-state index contributed by atoms with van der Waals surface area (Å²) >= 11 is 0. The maximum Gasteiger partial charge on any atom is 0.0701 e. The number of rotatable bonds is 4. The molecule has 0 aromatic heterocycles.